The zero-order chi connectivity index (χ0) is 24.2. The summed E-state index contributed by atoms with van der Waals surface area (Å²) < 4.78 is 1.89. The van der Waals surface area contributed by atoms with E-state index in [9.17, 15) is 4.79 Å². The summed E-state index contributed by atoms with van der Waals surface area (Å²) in [4.78, 5) is 21.4. The summed E-state index contributed by atoms with van der Waals surface area (Å²) in [5.41, 5.74) is 3.80. The van der Waals surface area contributed by atoms with Gasteiger partial charge in [0.15, 0.2) is 5.17 Å². The van der Waals surface area contributed by atoms with Crippen molar-refractivity contribution >= 4 is 40.7 Å². The van der Waals surface area contributed by atoms with Gasteiger partial charge in [-0.2, -0.15) is 10.1 Å². The highest BCUT2D eigenvalue weighted by molar-refractivity contribution is 8.18. The molecule has 3 aromatic rings. The summed E-state index contributed by atoms with van der Waals surface area (Å²) in [6, 6.07) is 18.6. The van der Waals surface area contributed by atoms with Crippen LogP contribution in [0.15, 0.2) is 75.6 Å². The van der Waals surface area contributed by atoms with Crippen molar-refractivity contribution < 1.29 is 4.79 Å². The number of nitrogens with zero attached hydrogens (tertiary/aromatic N) is 4. The topological polar surface area (TPSA) is 50.5 Å². The van der Waals surface area contributed by atoms with Gasteiger partial charge in [0.05, 0.1) is 16.3 Å². The minimum Gasteiger partial charge on any atom is -0.351 e. The van der Waals surface area contributed by atoms with Crippen LogP contribution in [0.3, 0.4) is 0 Å². The maximum atomic E-state index is 12.8. The van der Waals surface area contributed by atoms with Gasteiger partial charge < -0.3 is 4.90 Å². The van der Waals surface area contributed by atoms with Crippen molar-refractivity contribution in [3.05, 3.63) is 71.3 Å². The largest absolute Gasteiger partial charge is 0.351 e. The van der Waals surface area contributed by atoms with Crippen LogP contribution in [0.5, 0.6) is 0 Å². The summed E-state index contributed by atoms with van der Waals surface area (Å²) in [5.74, 6) is 1.58. The highest BCUT2D eigenvalue weighted by atomic mass is 32.2. The molecule has 1 amide bonds. The molecule has 1 atom stereocenters. The van der Waals surface area contributed by atoms with Gasteiger partial charge in [-0.05, 0) is 73.0 Å². The molecule has 2 aromatic carbocycles. The van der Waals surface area contributed by atoms with Gasteiger partial charge in [0.1, 0.15) is 0 Å². The molecule has 1 fully saturated rings. The van der Waals surface area contributed by atoms with E-state index in [4.69, 9.17) is 5.10 Å². The number of aliphatic imine (C=N–C) groups is 1. The lowest BCUT2D eigenvalue weighted by atomic mass is 10.0. The molecule has 0 aliphatic carbocycles. The molecule has 180 valence electrons. The lowest BCUT2D eigenvalue weighted by Crippen LogP contribution is -2.37. The van der Waals surface area contributed by atoms with Gasteiger partial charge in [-0.3, -0.25) is 4.79 Å². The highest BCUT2D eigenvalue weighted by Gasteiger charge is 2.29. The van der Waals surface area contributed by atoms with Crippen LogP contribution >= 0.6 is 23.5 Å². The molecule has 0 spiro atoms. The van der Waals surface area contributed by atoms with Gasteiger partial charge in [-0.15, -0.1) is 11.8 Å². The number of amides is 1. The van der Waals surface area contributed by atoms with E-state index in [1.165, 1.54) is 23.1 Å². The van der Waals surface area contributed by atoms with E-state index in [1.807, 2.05) is 59.0 Å². The molecule has 35 heavy (non-hydrogen) atoms. The monoisotopic (exact) mass is 502 g/mol. The molecule has 0 saturated carbocycles. The Morgan fingerprint density at radius 2 is 1.94 bits per heavy atom. The number of likely N-dealkylation sites (tertiary alicyclic amines) is 1. The second kappa shape index (κ2) is 10.9. The van der Waals surface area contributed by atoms with E-state index >= 15 is 0 Å². The minimum atomic E-state index is -0.159. The van der Waals surface area contributed by atoms with Gasteiger partial charge in [0.25, 0.3) is 5.91 Å². The van der Waals surface area contributed by atoms with E-state index in [0.717, 1.165) is 59.4 Å². The molecule has 2 aliphatic rings. The van der Waals surface area contributed by atoms with Crippen LogP contribution in [-0.2, 0) is 4.79 Å². The van der Waals surface area contributed by atoms with E-state index in [-0.39, 0.29) is 5.91 Å². The van der Waals surface area contributed by atoms with Gasteiger partial charge in [-0.25, -0.2) is 4.68 Å². The predicted octanol–water partition coefficient (Wildman–Crippen LogP) is 6.74. The Bertz CT molecular complexity index is 1250. The molecule has 3 heterocycles. The van der Waals surface area contributed by atoms with E-state index < -0.39 is 0 Å². The number of rotatable bonds is 6. The first-order chi connectivity index (χ1) is 17.1. The number of aromatic nitrogens is 2. The fraction of sp³-hybridized carbons (Fsp3) is 0.321. The summed E-state index contributed by atoms with van der Waals surface area (Å²) in [6.07, 6.45) is 7.50. The SMILES string of the molecule is CCCSc1ccc(-c2nn(-c3ccccc3)cc2/C=C2\SC(N3CCCC(C)C3)=NC2=O)cc1. The molecule has 5 rings (SSSR count). The number of benzene rings is 2. The van der Waals surface area contributed by atoms with Crippen LogP contribution in [0.25, 0.3) is 23.0 Å². The smallest absolute Gasteiger partial charge is 0.286 e. The van der Waals surface area contributed by atoms with Crippen molar-refractivity contribution in [3.8, 4) is 16.9 Å². The molecule has 7 heteroatoms. The fourth-order valence-corrected chi connectivity index (χ4v) is 6.10. The van der Waals surface area contributed by atoms with Crippen molar-refractivity contribution in [1.82, 2.24) is 14.7 Å². The molecule has 1 unspecified atom stereocenters. The molecule has 0 N–H and O–H groups in total. The van der Waals surface area contributed by atoms with Crippen LogP contribution in [0, 0.1) is 5.92 Å². The number of amidine groups is 1. The van der Waals surface area contributed by atoms with Gasteiger partial charge >= 0.3 is 0 Å². The minimum absolute atomic E-state index is 0.159. The van der Waals surface area contributed by atoms with Gasteiger partial charge in [0, 0.05) is 35.3 Å². The second-order valence-corrected chi connectivity index (χ2v) is 11.3. The zero-order valence-electron chi connectivity index (χ0n) is 20.2. The average Bonchev–Trinajstić information content (AvgIpc) is 3.47. The van der Waals surface area contributed by atoms with Gasteiger partial charge in [-0.1, -0.05) is 44.2 Å². The van der Waals surface area contributed by atoms with E-state index in [2.05, 4.69) is 48.0 Å². The van der Waals surface area contributed by atoms with Gasteiger partial charge in [0.2, 0.25) is 0 Å². The first-order valence-electron chi connectivity index (χ1n) is 12.3. The molecule has 1 aromatic heterocycles. The van der Waals surface area contributed by atoms with Crippen LogP contribution in [0.4, 0.5) is 0 Å². The normalized spacial score (nSPS) is 19.4. The summed E-state index contributed by atoms with van der Waals surface area (Å²) in [7, 11) is 0. The van der Waals surface area contributed by atoms with Crippen molar-refractivity contribution in [2.45, 2.75) is 38.0 Å². The Hall–Kier alpha value is -2.77. The third-order valence-corrected chi connectivity index (χ3v) is 8.45. The maximum Gasteiger partial charge on any atom is 0.286 e. The first kappa shape index (κ1) is 23.9. The number of hydrogen-bond donors (Lipinski definition) is 0. The third kappa shape index (κ3) is 5.57. The predicted molar refractivity (Wildman–Crippen MR) is 148 cm³/mol. The van der Waals surface area contributed by atoms with Crippen molar-refractivity contribution in [3.63, 3.8) is 0 Å². The van der Waals surface area contributed by atoms with Crippen LogP contribution in [0.2, 0.25) is 0 Å². The molecule has 0 radical (unpaired) electrons. The lowest BCUT2D eigenvalue weighted by Gasteiger charge is -2.31. The molecular formula is C28H30N4OS2. The highest BCUT2D eigenvalue weighted by Crippen LogP contribution is 2.35. The van der Waals surface area contributed by atoms with Crippen molar-refractivity contribution in [2.75, 3.05) is 18.8 Å². The Balaban J connectivity index is 1.46. The number of hydrogen-bond acceptors (Lipinski definition) is 5. The molecule has 5 nitrogen and oxygen atoms in total. The third-order valence-electron chi connectivity index (χ3n) is 6.19. The number of piperidine rings is 1. The first-order valence-corrected chi connectivity index (χ1v) is 14.1. The number of carbonyl (C=O) groups excluding carboxylic acids is 1. The Kier molecular flexibility index (Phi) is 7.44. The van der Waals surface area contributed by atoms with Crippen LogP contribution in [-0.4, -0.2) is 44.6 Å². The number of para-hydroxylation sites is 1. The van der Waals surface area contributed by atoms with Crippen LogP contribution < -0.4 is 0 Å². The average molecular weight is 503 g/mol. The summed E-state index contributed by atoms with van der Waals surface area (Å²) in [5, 5.41) is 5.76. The number of carbonyl (C=O) groups is 1. The quantitative estimate of drug-likeness (QED) is 0.276. The second-order valence-electron chi connectivity index (χ2n) is 9.09. The Labute approximate surface area is 215 Å². The molecule has 2 aliphatic heterocycles. The Morgan fingerprint density at radius 1 is 1.14 bits per heavy atom. The molecule has 1 saturated heterocycles. The summed E-state index contributed by atoms with van der Waals surface area (Å²) >= 11 is 3.36. The van der Waals surface area contributed by atoms with Crippen molar-refractivity contribution in [1.29, 1.82) is 0 Å². The fourth-order valence-electron chi connectivity index (χ4n) is 4.40. The zero-order valence-corrected chi connectivity index (χ0v) is 21.8. The lowest BCUT2D eigenvalue weighted by molar-refractivity contribution is -0.113. The number of thioether (sulfide) groups is 2. The summed E-state index contributed by atoms with van der Waals surface area (Å²) in [6.45, 7) is 6.39. The van der Waals surface area contributed by atoms with Crippen LogP contribution in [0.1, 0.15) is 38.7 Å². The van der Waals surface area contributed by atoms with E-state index in [1.54, 1.807) is 0 Å². The maximum absolute atomic E-state index is 12.8. The van der Waals surface area contributed by atoms with Crippen molar-refractivity contribution in [2.24, 2.45) is 10.9 Å². The molecule has 0 bridgehead atoms. The molecular weight excluding hydrogens is 472 g/mol. The Morgan fingerprint density at radius 3 is 2.69 bits per heavy atom. The standard InChI is InChI=1S/C28H30N4OS2/c1-3-16-34-24-13-11-21(12-14-24)26-22(19-32(30-26)23-9-5-4-6-10-23)17-25-27(33)29-28(35-25)31-15-7-8-20(2)18-31/h4-6,9-14,17,19-20H,3,7-8,15-16,18H2,1-2H3/b25-17-. The van der Waals surface area contributed by atoms with E-state index in [0.29, 0.717) is 10.8 Å².